The SMILES string of the molecule is CCC/C(C)=C(\C(C)=N/C)C(C)C. The molecule has 13 heavy (non-hydrogen) atoms. The van der Waals surface area contributed by atoms with Crippen molar-refractivity contribution < 1.29 is 0 Å². The minimum Gasteiger partial charge on any atom is -0.293 e. The van der Waals surface area contributed by atoms with Crippen LogP contribution in [0.25, 0.3) is 0 Å². The van der Waals surface area contributed by atoms with Crippen molar-refractivity contribution >= 4 is 5.71 Å². The summed E-state index contributed by atoms with van der Waals surface area (Å²) in [5.41, 5.74) is 4.14. The molecular weight excluding hydrogens is 158 g/mol. The summed E-state index contributed by atoms with van der Waals surface area (Å²) >= 11 is 0. The van der Waals surface area contributed by atoms with Crippen LogP contribution in [0.2, 0.25) is 0 Å². The van der Waals surface area contributed by atoms with Gasteiger partial charge in [0.15, 0.2) is 0 Å². The monoisotopic (exact) mass is 181 g/mol. The summed E-state index contributed by atoms with van der Waals surface area (Å²) in [6.45, 7) is 11.0. The van der Waals surface area contributed by atoms with Gasteiger partial charge in [0.1, 0.15) is 0 Å². The third-order valence-corrected chi connectivity index (χ3v) is 2.39. The van der Waals surface area contributed by atoms with Gasteiger partial charge in [-0.1, -0.05) is 32.8 Å². The molecule has 0 aliphatic carbocycles. The molecule has 0 N–H and O–H groups in total. The number of hydrogen-bond acceptors (Lipinski definition) is 1. The van der Waals surface area contributed by atoms with Crippen LogP contribution in [0.1, 0.15) is 47.5 Å². The molecule has 0 aliphatic rings. The van der Waals surface area contributed by atoms with E-state index in [9.17, 15) is 0 Å². The minimum absolute atomic E-state index is 0.593. The van der Waals surface area contributed by atoms with Gasteiger partial charge in [-0.3, -0.25) is 4.99 Å². The van der Waals surface area contributed by atoms with Crippen molar-refractivity contribution in [2.24, 2.45) is 10.9 Å². The Balaban J connectivity index is 4.88. The van der Waals surface area contributed by atoms with Crippen molar-refractivity contribution in [2.75, 3.05) is 7.05 Å². The zero-order valence-electron chi connectivity index (χ0n) is 9.94. The molecule has 0 amide bonds. The first kappa shape index (κ1) is 12.4. The molecule has 0 saturated carbocycles. The smallest absolute Gasteiger partial charge is 0.0347 e. The van der Waals surface area contributed by atoms with Crippen molar-refractivity contribution in [3.05, 3.63) is 11.1 Å². The van der Waals surface area contributed by atoms with Crippen LogP contribution in [-0.2, 0) is 0 Å². The molecule has 0 heterocycles. The number of rotatable bonds is 4. The molecule has 0 aromatic heterocycles. The van der Waals surface area contributed by atoms with E-state index < -0.39 is 0 Å². The van der Waals surface area contributed by atoms with E-state index in [1.54, 1.807) is 0 Å². The maximum Gasteiger partial charge on any atom is 0.0347 e. The van der Waals surface area contributed by atoms with Crippen LogP contribution in [0.4, 0.5) is 0 Å². The number of hydrogen-bond donors (Lipinski definition) is 0. The molecule has 0 bridgehead atoms. The fraction of sp³-hybridized carbons (Fsp3) is 0.750. The minimum atomic E-state index is 0.593. The van der Waals surface area contributed by atoms with Gasteiger partial charge >= 0.3 is 0 Å². The van der Waals surface area contributed by atoms with Crippen molar-refractivity contribution in [3.63, 3.8) is 0 Å². The van der Waals surface area contributed by atoms with E-state index in [0.29, 0.717) is 5.92 Å². The van der Waals surface area contributed by atoms with E-state index in [1.165, 1.54) is 29.7 Å². The first-order chi connectivity index (χ1) is 6.04. The number of aliphatic imine (C=N–C) groups is 1. The molecule has 0 fully saturated rings. The summed E-state index contributed by atoms with van der Waals surface area (Å²) in [7, 11) is 1.87. The fourth-order valence-electron chi connectivity index (χ4n) is 1.85. The molecule has 0 aliphatic heterocycles. The van der Waals surface area contributed by atoms with Gasteiger partial charge in [-0.2, -0.15) is 0 Å². The highest BCUT2D eigenvalue weighted by Gasteiger charge is 2.09. The van der Waals surface area contributed by atoms with Crippen molar-refractivity contribution in [1.82, 2.24) is 0 Å². The fourth-order valence-corrected chi connectivity index (χ4v) is 1.85. The third kappa shape index (κ3) is 3.75. The topological polar surface area (TPSA) is 12.4 Å². The lowest BCUT2D eigenvalue weighted by molar-refractivity contribution is 0.769. The second-order valence-corrected chi connectivity index (χ2v) is 3.91. The average molecular weight is 181 g/mol. The molecule has 76 valence electrons. The molecule has 0 spiro atoms. The Bertz CT molecular complexity index is 209. The summed E-state index contributed by atoms with van der Waals surface area (Å²) in [6, 6.07) is 0. The summed E-state index contributed by atoms with van der Waals surface area (Å²) in [4.78, 5) is 4.27. The van der Waals surface area contributed by atoms with Crippen LogP contribution < -0.4 is 0 Å². The third-order valence-electron chi connectivity index (χ3n) is 2.39. The van der Waals surface area contributed by atoms with Crippen LogP contribution >= 0.6 is 0 Å². The predicted molar refractivity (Wildman–Crippen MR) is 61.5 cm³/mol. The van der Waals surface area contributed by atoms with Crippen LogP contribution in [0.15, 0.2) is 16.1 Å². The molecule has 0 unspecified atom stereocenters. The van der Waals surface area contributed by atoms with Crippen LogP contribution in [0, 0.1) is 5.92 Å². The zero-order chi connectivity index (χ0) is 10.4. The quantitative estimate of drug-likeness (QED) is 0.584. The van der Waals surface area contributed by atoms with E-state index in [2.05, 4.69) is 39.6 Å². The molecule has 1 heteroatoms. The lowest BCUT2D eigenvalue weighted by Gasteiger charge is -2.15. The maximum absolute atomic E-state index is 4.27. The van der Waals surface area contributed by atoms with Gasteiger partial charge in [-0.25, -0.2) is 0 Å². The summed E-state index contributed by atoms with van der Waals surface area (Å²) in [6.07, 6.45) is 2.42. The van der Waals surface area contributed by atoms with Gasteiger partial charge in [0.2, 0.25) is 0 Å². The van der Waals surface area contributed by atoms with Crippen LogP contribution in [0.5, 0.6) is 0 Å². The summed E-state index contributed by atoms with van der Waals surface area (Å²) in [5.74, 6) is 0.593. The molecule has 0 rings (SSSR count). The summed E-state index contributed by atoms with van der Waals surface area (Å²) in [5, 5.41) is 0. The van der Waals surface area contributed by atoms with Crippen LogP contribution in [0.3, 0.4) is 0 Å². The van der Waals surface area contributed by atoms with Gasteiger partial charge < -0.3 is 0 Å². The van der Waals surface area contributed by atoms with Gasteiger partial charge in [-0.05, 0) is 31.8 Å². The molecule has 0 atom stereocenters. The largest absolute Gasteiger partial charge is 0.293 e. The Morgan fingerprint density at radius 1 is 1.23 bits per heavy atom. The number of nitrogens with zero attached hydrogens (tertiary/aromatic N) is 1. The second kappa shape index (κ2) is 5.95. The zero-order valence-corrected chi connectivity index (χ0v) is 9.94. The highest BCUT2D eigenvalue weighted by atomic mass is 14.7. The molecule has 0 radical (unpaired) electrons. The first-order valence-electron chi connectivity index (χ1n) is 5.17. The van der Waals surface area contributed by atoms with Gasteiger partial charge in [0.05, 0.1) is 0 Å². The Hall–Kier alpha value is -0.590. The Kier molecular flexibility index (Phi) is 5.68. The molecule has 1 nitrogen and oxygen atoms in total. The van der Waals surface area contributed by atoms with Crippen molar-refractivity contribution in [3.8, 4) is 0 Å². The average Bonchev–Trinajstić information content (AvgIpc) is 2.04. The van der Waals surface area contributed by atoms with Gasteiger partial charge in [-0.15, -0.1) is 0 Å². The predicted octanol–water partition coefficient (Wildman–Crippen LogP) is 3.85. The van der Waals surface area contributed by atoms with E-state index in [4.69, 9.17) is 0 Å². The standard InChI is InChI=1S/C12H23N/c1-7-8-10(4)12(9(2)3)11(5)13-6/h9H,7-8H2,1-6H3/b12-10-,13-11-. The normalized spacial score (nSPS) is 14.8. The van der Waals surface area contributed by atoms with Crippen molar-refractivity contribution in [2.45, 2.75) is 47.5 Å². The lowest BCUT2D eigenvalue weighted by atomic mass is 9.92. The van der Waals surface area contributed by atoms with Crippen molar-refractivity contribution in [1.29, 1.82) is 0 Å². The molecular formula is C12H23N. The molecule has 0 aromatic rings. The Labute approximate surface area is 83.0 Å². The summed E-state index contributed by atoms with van der Waals surface area (Å²) < 4.78 is 0. The van der Waals surface area contributed by atoms with Crippen LogP contribution in [-0.4, -0.2) is 12.8 Å². The molecule has 0 aromatic carbocycles. The highest BCUT2D eigenvalue weighted by molar-refractivity contribution is 5.99. The Morgan fingerprint density at radius 2 is 1.77 bits per heavy atom. The van der Waals surface area contributed by atoms with E-state index in [1.807, 2.05) is 7.05 Å². The van der Waals surface area contributed by atoms with Gasteiger partial charge in [0, 0.05) is 12.8 Å². The maximum atomic E-state index is 4.27. The highest BCUT2D eigenvalue weighted by Crippen LogP contribution is 2.19. The first-order valence-corrected chi connectivity index (χ1v) is 5.17. The van der Waals surface area contributed by atoms with E-state index in [0.717, 1.165) is 0 Å². The lowest BCUT2D eigenvalue weighted by Crippen LogP contribution is -2.07. The second-order valence-electron chi connectivity index (χ2n) is 3.91. The van der Waals surface area contributed by atoms with Gasteiger partial charge in [0.25, 0.3) is 0 Å². The van der Waals surface area contributed by atoms with E-state index >= 15 is 0 Å². The van der Waals surface area contributed by atoms with E-state index in [-0.39, 0.29) is 0 Å². The molecule has 0 saturated heterocycles. The number of allylic oxidation sites excluding steroid dienone is 2. The Morgan fingerprint density at radius 3 is 2.08 bits per heavy atom.